The molecule has 1 aliphatic rings. The Morgan fingerprint density at radius 2 is 2.67 bits per heavy atom. The van der Waals surface area contributed by atoms with Crippen LogP contribution in [0.25, 0.3) is 0 Å². The van der Waals surface area contributed by atoms with Crippen LogP contribution in [-0.2, 0) is 0 Å². The second-order valence-electron chi connectivity index (χ2n) is 2.09. The number of hydrogen-bond acceptors (Lipinski definition) is 2. The third-order valence-electron chi connectivity index (χ3n) is 1.34. The summed E-state index contributed by atoms with van der Waals surface area (Å²) in [6.07, 6.45) is 6.11. The number of nitrogens with zero attached hydrogens (tertiary/aromatic N) is 2. The summed E-state index contributed by atoms with van der Waals surface area (Å²) >= 11 is 0. The summed E-state index contributed by atoms with van der Waals surface area (Å²) in [6, 6.07) is 0. The fraction of sp³-hybridized carbons (Fsp3) is 0.571. The van der Waals surface area contributed by atoms with E-state index in [1.807, 2.05) is 13.3 Å². The molecule has 1 heterocycles. The molecule has 0 saturated carbocycles. The molecule has 0 amide bonds. The number of aliphatic imine (C=N–C) groups is 1. The lowest BCUT2D eigenvalue weighted by molar-refractivity contribution is 0.518. The molecule has 50 valence electrons. The van der Waals surface area contributed by atoms with Gasteiger partial charge in [0.2, 0.25) is 0 Å². The van der Waals surface area contributed by atoms with Gasteiger partial charge in [-0.05, 0) is 6.92 Å². The van der Waals surface area contributed by atoms with Crippen molar-refractivity contribution in [1.82, 2.24) is 4.90 Å². The van der Waals surface area contributed by atoms with Crippen LogP contribution in [0.15, 0.2) is 17.1 Å². The van der Waals surface area contributed by atoms with Gasteiger partial charge in [0.25, 0.3) is 0 Å². The van der Waals surface area contributed by atoms with Crippen LogP contribution < -0.4 is 0 Å². The molecule has 0 atom stereocenters. The van der Waals surface area contributed by atoms with E-state index >= 15 is 0 Å². The third-order valence-corrected chi connectivity index (χ3v) is 1.34. The van der Waals surface area contributed by atoms with Crippen molar-refractivity contribution >= 4 is 6.34 Å². The van der Waals surface area contributed by atoms with E-state index in [1.165, 1.54) is 0 Å². The molecular formula is C7H12N2. The highest BCUT2D eigenvalue weighted by molar-refractivity contribution is 5.57. The lowest BCUT2D eigenvalue weighted by Gasteiger charge is -2.08. The first-order valence-corrected chi connectivity index (χ1v) is 3.28. The van der Waals surface area contributed by atoms with Gasteiger partial charge in [0, 0.05) is 13.1 Å². The fourth-order valence-corrected chi connectivity index (χ4v) is 0.796. The summed E-state index contributed by atoms with van der Waals surface area (Å²) in [6.45, 7) is 5.11. The molecule has 2 heteroatoms. The zero-order chi connectivity index (χ0) is 6.53. The van der Waals surface area contributed by atoms with Gasteiger partial charge in [-0.3, -0.25) is 4.99 Å². The van der Waals surface area contributed by atoms with Crippen LogP contribution in [0.1, 0.15) is 6.92 Å². The molecule has 0 radical (unpaired) electrons. The maximum Gasteiger partial charge on any atom is 0.0854 e. The predicted octanol–water partition coefficient (Wildman–Crippen LogP) is 0.906. The summed E-state index contributed by atoms with van der Waals surface area (Å²) in [4.78, 5) is 6.28. The quantitative estimate of drug-likeness (QED) is 0.499. The van der Waals surface area contributed by atoms with Crippen molar-refractivity contribution < 1.29 is 0 Å². The van der Waals surface area contributed by atoms with Crippen LogP contribution in [-0.4, -0.2) is 30.9 Å². The van der Waals surface area contributed by atoms with Gasteiger partial charge in [0.05, 0.1) is 12.9 Å². The van der Waals surface area contributed by atoms with Gasteiger partial charge in [-0.25, -0.2) is 0 Å². The first-order chi connectivity index (χ1) is 4.43. The molecule has 2 nitrogen and oxygen atoms in total. The normalized spacial score (nSPS) is 18.1. The van der Waals surface area contributed by atoms with Crippen LogP contribution in [0.4, 0.5) is 0 Å². The Labute approximate surface area is 55.9 Å². The van der Waals surface area contributed by atoms with E-state index in [0.29, 0.717) is 0 Å². The minimum Gasteiger partial charge on any atom is -0.357 e. The zero-order valence-electron chi connectivity index (χ0n) is 5.75. The Bertz CT molecular complexity index is 127. The van der Waals surface area contributed by atoms with E-state index in [9.17, 15) is 0 Å². The molecule has 1 aliphatic heterocycles. The van der Waals surface area contributed by atoms with Crippen LogP contribution in [0.2, 0.25) is 0 Å². The average Bonchev–Trinajstić information content (AvgIpc) is 2.34. The van der Waals surface area contributed by atoms with Gasteiger partial charge >= 0.3 is 0 Å². The minimum atomic E-state index is 0.970. The molecule has 0 N–H and O–H groups in total. The second-order valence-corrected chi connectivity index (χ2v) is 2.09. The smallest absolute Gasteiger partial charge is 0.0854 e. The van der Waals surface area contributed by atoms with E-state index in [2.05, 4.69) is 22.0 Å². The van der Waals surface area contributed by atoms with Crippen molar-refractivity contribution in [3.63, 3.8) is 0 Å². The monoisotopic (exact) mass is 124 g/mol. The SMILES string of the molecule is CC=CCN1C=NCC1. The Hall–Kier alpha value is -0.790. The second kappa shape index (κ2) is 3.28. The Kier molecular flexibility index (Phi) is 2.31. The van der Waals surface area contributed by atoms with Crippen molar-refractivity contribution in [2.45, 2.75) is 6.92 Å². The van der Waals surface area contributed by atoms with E-state index in [0.717, 1.165) is 19.6 Å². The van der Waals surface area contributed by atoms with Gasteiger partial charge in [-0.15, -0.1) is 0 Å². The summed E-state index contributed by atoms with van der Waals surface area (Å²) < 4.78 is 0. The molecule has 9 heavy (non-hydrogen) atoms. The van der Waals surface area contributed by atoms with E-state index in [-0.39, 0.29) is 0 Å². The van der Waals surface area contributed by atoms with Gasteiger partial charge in [-0.1, -0.05) is 12.2 Å². The molecule has 0 spiro atoms. The lowest BCUT2D eigenvalue weighted by Crippen LogP contribution is -2.19. The maximum atomic E-state index is 4.08. The van der Waals surface area contributed by atoms with E-state index in [4.69, 9.17) is 0 Å². The highest BCUT2D eigenvalue weighted by Crippen LogP contribution is 1.91. The molecule has 0 unspecified atom stereocenters. The van der Waals surface area contributed by atoms with Gasteiger partial charge < -0.3 is 4.90 Å². The average molecular weight is 124 g/mol. The number of hydrogen-bond donors (Lipinski definition) is 0. The topological polar surface area (TPSA) is 15.6 Å². The first-order valence-electron chi connectivity index (χ1n) is 3.28. The Morgan fingerprint density at radius 3 is 3.22 bits per heavy atom. The van der Waals surface area contributed by atoms with Crippen LogP contribution in [0, 0.1) is 0 Å². The largest absolute Gasteiger partial charge is 0.357 e. The van der Waals surface area contributed by atoms with Crippen molar-refractivity contribution in [1.29, 1.82) is 0 Å². The standard InChI is InChI=1S/C7H12N2/c1-2-3-5-9-6-4-8-7-9/h2-3,7H,4-6H2,1H3. The third kappa shape index (κ3) is 1.88. The van der Waals surface area contributed by atoms with E-state index in [1.54, 1.807) is 0 Å². The molecule has 0 aromatic carbocycles. The van der Waals surface area contributed by atoms with E-state index < -0.39 is 0 Å². The number of allylic oxidation sites excluding steroid dienone is 1. The summed E-state index contributed by atoms with van der Waals surface area (Å²) in [5.41, 5.74) is 0. The molecule has 0 aromatic rings. The predicted molar refractivity (Wildman–Crippen MR) is 39.7 cm³/mol. The van der Waals surface area contributed by atoms with Crippen molar-refractivity contribution in [3.8, 4) is 0 Å². The summed E-state index contributed by atoms with van der Waals surface area (Å²) in [5, 5.41) is 0. The zero-order valence-corrected chi connectivity index (χ0v) is 5.75. The summed E-state index contributed by atoms with van der Waals surface area (Å²) in [7, 11) is 0. The molecule has 0 fully saturated rings. The number of rotatable bonds is 2. The fourth-order valence-electron chi connectivity index (χ4n) is 0.796. The summed E-state index contributed by atoms with van der Waals surface area (Å²) in [5.74, 6) is 0. The first kappa shape index (κ1) is 6.33. The van der Waals surface area contributed by atoms with Crippen molar-refractivity contribution in [3.05, 3.63) is 12.2 Å². The van der Waals surface area contributed by atoms with Crippen LogP contribution in [0.3, 0.4) is 0 Å². The lowest BCUT2D eigenvalue weighted by atomic mass is 10.5. The highest BCUT2D eigenvalue weighted by atomic mass is 15.2. The van der Waals surface area contributed by atoms with Crippen LogP contribution in [0.5, 0.6) is 0 Å². The molecule has 0 saturated heterocycles. The van der Waals surface area contributed by atoms with Crippen molar-refractivity contribution in [2.75, 3.05) is 19.6 Å². The molecule has 0 aromatic heterocycles. The molecule has 0 aliphatic carbocycles. The maximum absolute atomic E-state index is 4.08. The molecule has 0 bridgehead atoms. The Morgan fingerprint density at radius 1 is 1.78 bits per heavy atom. The van der Waals surface area contributed by atoms with Gasteiger partial charge in [0.1, 0.15) is 0 Å². The highest BCUT2D eigenvalue weighted by Gasteiger charge is 2.00. The Balaban J connectivity index is 2.20. The van der Waals surface area contributed by atoms with Gasteiger partial charge in [-0.2, -0.15) is 0 Å². The van der Waals surface area contributed by atoms with Crippen LogP contribution >= 0.6 is 0 Å². The van der Waals surface area contributed by atoms with Gasteiger partial charge in [0.15, 0.2) is 0 Å². The van der Waals surface area contributed by atoms with Crippen molar-refractivity contribution in [2.24, 2.45) is 4.99 Å². The minimum absolute atomic E-state index is 0.970. The molecular weight excluding hydrogens is 112 g/mol. The molecule has 1 rings (SSSR count).